The van der Waals surface area contributed by atoms with Crippen molar-refractivity contribution in [3.63, 3.8) is 0 Å². The smallest absolute Gasteiger partial charge is 0.226 e. The summed E-state index contributed by atoms with van der Waals surface area (Å²) in [6, 6.07) is 1.75. The van der Waals surface area contributed by atoms with E-state index in [1.165, 1.54) is 0 Å². The van der Waals surface area contributed by atoms with E-state index in [0.717, 1.165) is 25.9 Å². The van der Waals surface area contributed by atoms with Crippen LogP contribution in [-0.2, 0) is 11.3 Å². The first-order valence-electron chi connectivity index (χ1n) is 5.59. The third-order valence-electron chi connectivity index (χ3n) is 3.17. The van der Waals surface area contributed by atoms with Crippen molar-refractivity contribution in [2.75, 3.05) is 13.1 Å². The molecule has 1 saturated heterocycles. The van der Waals surface area contributed by atoms with Gasteiger partial charge in [-0.2, -0.15) is 0 Å². The van der Waals surface area contributed by atoms with Crippen LogP contribution in [0.15, 0.2) is 16.8 Å². The maximum atomic E-state index is 12.0. The first kappa shape index (κ1) is 11.1. The number of carbonyl (C=O) groups is 1. The average Bonchev–Trinajstić information content (AvgIpc) is 2.79. The summed E-state index contributed by atoms with van der Waals surface area (Å²) < 4.78 is 4.93. The highest BCUT2D eigenvalue weighted by Crippen LogP contribution is 2.27. The van der Waals surface area contributed by atoms with Crippen LogP contribution in [0, 0.1) is 5.41 Å². The molecule has 16 heavy (non-hydrogen) atoms. The third kappa shape index (κ3) is 2.41. The van der Waals surface area contributed by atoms with Crippen molar-refractivity contribution < 1.29 is 9.32 Å². The second kappa shape index (κ2) is 4.65. The second-order valence-electron chi connectivity index (χ2n) is 4.47. The lowest BCUT2D eigenvalue weighted by Crippen LogP contribution is -2.45. The number of nitrogens with zero attached hydrogens (tertiary/aromatic N) is 1. The van der Waals surface area contributed by atoms with Gasteiger partial charge in [0, 0.05) is 11.5 Å². The summed E-state index contributed by atoms with van der Waals surface area (Å²) in [5, 5.41) is 9.74. The van der Waals surface area contributed by atoms with Crippen molar-refractivity contribution in [3.8, 4) is 0 Å². The number of carbonyl (C=O) groups excluding carboxylic acids is 1. The van der Waals surface area contributed by atoms with Crippen LogP contribution in [-0.4, -0.2) is 24.2 Å². The number of aromatic nitrogens is 1. The minimum atomic E-state index is -0.245. The molecule has 1 aliphatic heterocycles. The monoisotopic (exact) mass is 223 g/mol. The first-order valence-corrected chi connectivity index (χ1v) is 5.59. The Kier molecular flexibility index (Phi) is 3.24. The Morgan fingerprint density at radius 1 is 1.62 bits per heavy atom. The van der Waals surface area contributed by atoms with Gasteiger partial charge in [0.05, 0.1) is 12.7 Å². The van der Waals surface area contributed by atoms with Crippen LogP contribution in [0.5, 0.6) is 0 Å². The molecule has 5 nitrogen and oxygen atoms in total. The van der Waals surface area contributed by atoms with E-state index >= 15 is 0 Å². The third-order valence-corrected chi connectivity index (χ3v) is 3.17. The van der Waals surface area contributed by atoms with E-state index in [1.807, 2.05) is 6.92 Å². The molecule has 5 heteroatoms. The largest absolute Gasteiger partial charge is 0.360 e. The van der Waals surface area contributed by atoms with E-state index in [0.29, 0.717) is 12.3 Å². The molecule has 2 rings (SSSR count). The van der Waals surface area contributed by atoms with E-state index in [1.54, 1.807) is 12.3 Å². The van der Waals surface area contributed by atoms with Gasteiger partial charge in [-0.15, -0.1) is 0 Å². The van der Waals surface area contributed by atoms with E-state index in [2.05, 4.69) is 15.8 Å². The Hall–Kier alpha value is -1.36. The standard InChI is InChI=1S/C11H17N3O2/c1-11(3-6-12-7-4-11)10(15)13-8-9-2-5-14-16-9/h2,5,12H,3-4,6-8H2,1H3,(H,13,15). The molecule has 2 heterocycles. The van der Waals surface area contributed by atoms with E-state index in [4.69, 9.17) is 4.52 Å². The summed E-state index contributed by atoms with van der Waals surface area (Å²) in [5.41, 5.74) is -0.245. The highest BCUT2D eigenvalue weighted by atomic mass is 16.5. The Balaban J connectivity index is 1.87. The van der Waals surface area contributed by atoms with Gasteiger partial charge in [0.2, 0.25) is 5.91 Å². The molecular formula is C11H17N3O2. The highest BCUT2D eigenvalue weighted by molar-refractivity contribution is 5.82. The first-order chi connectivity index (χ1) is 7.71. The summed E-state index contributed by atoms with van der Waals surface area (Å²) in [5.74, 6) is 0.788. The zero-order valence-corrected chi connectivity index (χ0v) is 9.45. The lowest BCUT2D eigenvalue weighted by molar-refractivity contribution is -0.131. The summed E-state index contributed by atoms with van der Waals surface area (Å²) in [6.07, 6.45) is 3.35. The van der Waals surface area contributed by atoms with Gasteiger partial charge in [-0.25, -0.2) is 0 Å². The number of piperidine rings is 1. The average molecular weight is 223 g/mol. The van der Waals surface area contributed by atoms with Gasteiger partial charge in [-0.1, -0.05) is 12.1 Å². The van der Waals surface area contributed by atoms with Crippen LogP contribution in [0.3, 0.4) is 0 Å². The van der Waals surface area contributed by atoms with Gasteiger partial charge >= 0.3 is 0 Å². The van der Waals surface area contributed by atoms with Crippen LogP contribution in [0.1, 0.15) is 25.5 Å². The fourth-order valence-corrected chi connectivity index (χ4v) is 1.92. The fraction of sp³-hybridized carbons (Fsp3) is 0.636. The molecule has 0 unspecified atom stereocenters. The van der Waals surface area contributed by atoms with Crippen molar-refractivity contribution >= 4 is 5.91 Å². The number of nitrogens with one attached hydrogen (secondary N) is 2. The molecule has 1 aliphatic rings. The Morgan fingerprint density at radius 3 is 3.00 bits per heavy atom. The Labute approximate surface area is 94.6 Å². The summed E-state index contributed by atoms with van der Waals surface area (Å²) >= 11 is 0. The predicted octanol–water partition coefficient (Wildman–Crippen LogP) is 0.680. The Morgan fingerprint density at radius 2 is 2.38 bits per heavy atom. The molecule has 1 aromatic rings. The van der Waals surface area contributed by atoms with Gasteiger partial charge in [0.25, 0.3) is 0 Å². The molecule has 2 N–H and O–H groups in total. The molecule has 1 aromatic heterocycles. The molecule has 88 valence electrons. The lowest BCUT2D eigenvalue weighted by atomic mass is 9.80. The Bertz CT molecular complexity index is 342. The van der Waals surface area contributed by atoms with Gasteiger partial charge < -0.3 is 15.2 Å². The quantitative estimate of drug-likeness (QED) is 0.790. The molecule has 0 bridgehead atoms. The molecular weight excluding hydrogens is 206 g/mol. The molecule has 1 fully saturated rings. The van der Waals surface area contributed by atoms with Gasteiger partial charge in [-0.3, -0.25) is 4.79 Å². The maximum Gasteiger partial charge on any atom is 0.226 e. The SMILES string of the molecule is CC1(C(=O)NCc2ccno2)CCNCC1. The molecule has 0 aliphatic carbocycles. The summed E-state index contributed by atoms with van der Waals surface area (Å²) in [4.78, 5) is 12.0. The fourth-order valence-electron chi connectivity index (χ4n) is 1.92. The predicted molar refractivity (Wildman–Crippen MR) is 58.6 cm³/mol. The van der Waals surface area contributed by atoms with Crippen molar-refractivity contribution in [1.82, 2.24) is 15.8 Å². The van der Waals surface area contributed by atoms with Gasteiger partial charge in [0.1, 0.15) is 0 Å². The molecule has 1 amide bonds. The van der Waals surface area contributed by atoms with Crippen molar-refractivity contribution in [2.24, 2.45) is 5.41 Å². The van der Waals surface area contributed by atoms with Crippen molar-refractivity contribution in [3.05, 3.63) is 18.0 Å². The zero-order valence-electron chi connectivity index (χ0n) is 9.45. The van der Waals surface area contributed by atoms with Crippen molar-refractivity contribution in [2.45, 2.75) is 26.3 Å². The zero-order chi connectivity index (χ0) is 11.4. The summed E-state index contributed by atoms with van der Waals surface area (Å²) in [6.45, 7) is 4.25. The van der Waals surface area contributed by atoms with Gasteiger partial charge in [-0.05, 0) is 25.9 Å². The van der Waals surface area contributed by atoms with Gasteiger partial charge in [0.15, 0.2) is 5.76 Å². The van der Waals surface area contributed by atoms with E-state index in [-0.39, 0.29) is 11.3 Å². The molecule has 0 aromatic carbocycles. The topological polar surface area (TPSA) is 67.2 Å². The van der Waals surface area contributed by atoms with Crippen LogP contribution >= 0.6 is 0 Å². The van der Waals surface area contributed by atoms with E-state index in [9.17, 15) is 4.79 Å². The maximum absolute atomic E-state index is 12.0. The second-order valence-corrected chi connectivity index (χ2v) is 4.47. The molecule has 0 atom stereocenters. The van der Waals surface area contributed by atoms with Crippen LogP contribution in [0.2, 0.25) is 0 Å². The van der Waals surface area contributed by atoms with Crippen LogP contribution in [0.25, 0.3) is 0 Å². The minimum absolute atomic E-state index is 0.102. The molecule has 0 radical (unpaired) electrons. The minimum Gasteiger partial charge on any atom is -0.360 e. The summed E-state index contributed by atoms with van der Waals surface area (Å²) in [7, 11) is 0. The number of hydrogen-bond donors (Lipinski definition) is 2. The van der Waals surface area contributed by atoms with Crippen molar-refractivity contribution in [1.29, 1.82) is 0 Å². The lowest BCUT2D eigenvalue weighted by Gasteiger charge is -2.32. The highest BCUT2D eigenvalue weighted by Gasteiger charge is 2.34. The number of hydrogen-bond acceptors (Lipinski definition) is 4. The molecule has 0 saturated carbocycles. The normalized spacial score (nSPS) is 19.3. The van der Waals surface area contributed by atoms with Crippen LogP contribution < -0.4 is 10.6 Å². The molecule has 0 spiro atoms. The number of rotatable bonds is 3. The number of amides is 1. The van der Waals surface area contributed by atoms with E-state index < -0.39 is 0 Å². The van der Waals surface area contributed by atoms with Crippen LogP contribution in [0.4, 0.5) is 0 Å².